The molecule has 1 aliphatic heterocycles. The third kappa shape index (κ3) is 2.54. The first kappa shape index (κ1) is 13.4. The number of nitrogens with zero attached hydrogens (tertiary/aromatic N) is 3. The van der Waals surface area contributed by atoms with E-state index in [2.05, 4.69) is 5.16 Å². The molecule has 0 spiro atoms. The maximum absolute atomic E-state index is 12.3. The lowest BCUT2D eigenvalue weighted by Gasteiger charge is -2.34. The molecule has 1 fully saturated rings. The van der Waals surface area contributed by atoms with E-state index < -0.39 is 0 Å². The Hall–Kier alpha value is -2.57. The standard InChI is InChI=1S/C14H15N3O4/c1-10-9-21-15-12(10)14(19)17-6-4-16(5-7-17)13(18)11-3-2-8-20-11/h2-3,8-9H,4-7H2,1H3. The van der Waals surface area contributed by atoms with Gasteiger partial charge in [-0.15, -0.1) is 0 Å². The Labute approximate surface area is 121 Å². The van der Waals surface area contributed by atoms with Gasteiger partial charge in [-0.3, -0.25) is 9.59 Å². The summed E-state index contributed by atoms with van der Waals surface area (Å²) < 4.78 is 9.89. The van der Waals surface area contributed by atoms with Gasteiger partial charge in [0.05, 0.1) is 6.26 Å². The molecule has 0 unspecified atom stereocenters. The average molecular weight is 289 g/mol. The SMILES string of the molecule is Cc1conc1C(=O)N1CCN(C(=O)c2ccco2)CC1. The number of hydrogen-bond acceptors (Lipinski definition) is 5. The van der Waals surface area contributed by atoms with Crippen LogP contribution in [0.3, 0.4) is 0 Å². The van der Waals surface area contributed by atoms with E-state index in [1.165, 1.54) is 12.5 Å². The minimum Gasteiger partial charge on any atom is -0.459 e. The molecule has 0 N–H and O–H groups in total. The van der Waals surface area contributed by atoms with E-state index in [0.29, 0.717) is 43.2 Å². The molecule has 0 aliphatic carbocycles. The van der Waals surface area contributed by atoms with Gasteiger partial charge < -0.3 is 18.7 Å². The summed E-state index contributed by atoms with van der Waals surface area (Å²) in [6, 6.07) is 3.32. The monoisotopic (exact) mass is 289 g/mol. The summed E-state index contributed by atoms with van der Waals surface area (Å²) >= 11 is 0. The lowest BCUT2D eigenvalue weighted by Crippen LogP contribution is -2.50. The number of amides is 2. The van der Waals surface area contributed by atoms with Gasteiger partial charge in [-0.2, -0.15) is 0 Å². The summed E-state index contributed by atoms with van der Waals surface area (Å²) in [6.07, 6.45) is 2.92. The first-order chi connectivity index (χ1) is 10.2. The number of furan rings is 1. The van der Waals surface area contributed by atoms with Crippen molar-refractivity contribution in [2.45, 2.75) is 6.92 Å². The van der Waals surface area contributed by atoms with Crippen LogP contribution in [0.4, 0.5) is 0 Å². The zero-order chi connectivity index (χ0) is 14.8. The van der Waals surface area contributed by atoms with Crippen molar-refractivity contribution in [1.29, 1.82) is 0 Å². The molecule has 7 nitrogen and oxygen atoms in total. The molecule has 110 valence electrons. The van der Waals surface area contributed by atoms with Gasteiger partial charge in [0.1, 0.15) is 6.26 Å². The number of aromatic nitrogens is 1. The molecule has 3 rings (SSSR count). The lowest BCUT2D eigenvalue weighted by atomic mass is 10.2. The Kier molecular flexibility index (Phi) is 3.47. The van der Waals surface area contributed by atoms with Gasteiger partial charge in [0.15, 0.2) is 11.5 Å². The third-order valence-electron chi connectivity index (χ3n) is 3.54. The fourth-order valence-electron chi connectivity index (χ4n) is 2.31. The summed E-state index contributed by atoms with van der Waals surface area (Å²) in [7, 11) is 0. The Morgan fingerprint density at radius 1 is 1.14 bits per heavy atom. The molecular weight excluding hydrogens is 274 g/mol. The molecule has 2 aromatic rings. The van der Waals surface area contributed by atoms with Crippen molar-refractivity contribution in [2.75, 3.05) is 26.2 Å². The van der Waals surface area contributed by atoms with Crippen LogP contribution in [0.25, 0.3) is 0 Å². The number of carbonyl (C=O) groups excluding carboxylic acids is 2. The predicted octanol–water partition coefficient (Wildman–Crippen LogP) is 1.17. The molecular formula is C14H15N3O4. The molecule has 2 aromatic heterocycles. The van der Waals surface area contributed by atoms with E-state index in [-0.39, 0.29) is 11.8 Å². The van der Waals surface area contributed by atoms with Gasteiger partial charge in [-0.1, -0.05) is 5.16 Å². The minimum atomic E-state index is -0.161. The number of rotatable bonds is 2. The number of aryl methyl sites for hydroxylation is 1. The van der Waals surface area contributed by atoms with Crippen LogP contribution in [0.15, 0.2) is 33.6 Å². The van der Waals surface area contributed by atoms with Gasteiger partial charge in [0.25, 0.3) is 11.8 Å². The van der Waals surface area contributed by atoms with Crippen LogP contribution in [0.5, 0.6) is 0 Å². The molecule has 1 saturated heterocycles. The zero-order valence-corrected chi connectivity index (χ0v) is 11.6. The molecule has 0 radical (unpaired) electrons. The highest BCUT2D eigenvalue weighted by molar-refractivity contribution is 5.94. The highest BCUT2D eigenvalue weighted by Gasteiger charge is 2.28. The van der Waals surface area contributed by atoms with E-state index in [1.54, 1.807) is 28.9 Å². The van der Waals surface area contributed by atoms with E-state index in [9.17, 15) is 9.59 Å². The van der Waals surface area contributed by atoms with Gasteiger partial charge in [-0.25, -0.2) is 0 Å². The largest absolute Gasteiger partial charge is 0.459 e. The smallest absolute Gasteiger partial charge is 0.289 e. The summed E-state index contributed by atoms with van der Waals surface area (Å²) in [5, 5.41) is 3.72. The van der Waals surface area contributed by atoms with Crippen molar-refractivity contribution >= 4 is 11.8 Å². The first-order valence-corrected chi connectivity index (χ1v) is 6.70. The van der Waals surface area contributed by atoms with E-state index in [4.69, 9.17) is 8.94 Å². The van der Waals surface area contributed by atoms with Gasteiger partial charge in [0, 0.05) is 31.7 Å². The van der Waals surface area contributed by atoms with Gasteiger partial charge in [-0.05, 0) is 19.1 Å². The van der Waals surface area contributed by atoms with Crippen molar-refractivity contribution in [3.63, 3.8) is 0 Å². The van der Waals surface area contributed by atoms with Gasteiger partial charge >= 0.3 is 0 Å². The van der Waals surface area contributed by atoms with Crippen LogP contribution in [0.2, 0.25) is 0 Å². The minimum absolute atomic E-state index is 0.148. The molecule has 1 aliphatic rings. The number of piperazine rings is 1. The average Bonchev–Trinajstić information content (AvgIpc) is 3.17. The van der Waals surface area contributed by atoms with E-state index in [1.807, 2.05) is 0 Å². The molecule has 0 saturated carbocycles. The summed E-state index contributed by atoms with van der Waals surface area (Å²) in [4.78, 5) is 27.7. The Balaban J connectivity index is 1.62. The summed E-state index contributed by atoms with van der Waals surface area (Å²) in [5.41, 5.74) is 1.05. The van der Waals surface area contributed by atoms with Crippen LogP contribution < -0.4 is 0 Å². The van der Waals surface area contributed by atoms with Crippen molar-refractivity contribution in [3.05, 3.63) is 41.7 Å². The lowest BCUT2D eigenvalue weighted by molar-refractivity contribution is 0.0512. The molecule has 3 heterocycles. The second-order valence-corrected chi connectivity index (χ2v) is 4.91. The Bertz CT molecular complexity index is 639. The first-order valence-electron chi connectivity index (χ1n) is 6.70. The Morgan fingerprint density at radius 3 is 2.33 bits per heavy atom. The summed E-state index contributed by atoms with van der Waals surface area (Å²) in [6.45, 7) is 3.67. The van der Waals surface area contributed by atoms with Crippen LogP contribution in [0, 0.1) is 6.92 Å². The molecule has 0 bridgehead atoms. The van der Waals surface area contributed by atoms with Crippen LogP contribution in [-0.4, -0.2) is 52.9 Å². The van der Waals surface area contributed by atoms with E-state index >= 15 is 0 Å². The van der Waals surface area contributed by atoms with Gasteiger partial charge in [0.2, 0.25) is 0 Å². The fourth-order valence-corrected chi connectivity index (χ4v) is 2.31. The number of carbonyl (C=O) groups is 2. The van der Waals surface area contributed by atoms with Crippen LogP contribution in [0.1, 0.15) is 26.6 Å². The maximum Gasteiger partial charge on any atom is 0.289 e. The molecule has 7 heteroatoms. The highest BCUT2D eigenvalue weighted by Crippen LogP contribution is 2.13. The zero-order valence-electron chi connectivity index (χ0n) is 11.6. The molecule has 21 heavy (non-hydrogen) atoms. The second-order valence-electron chi connectivity index (χ2n) is 4.91. The van der Waals surface area contributed by atoms with Crippen molar-refractivity contribution in [3.8, 4) is 0 Å². The molecule has 0 atom stereocenters. The summed E-state index contributed by atoms with van der Waals surface area (Å²) in [5.74, 6) is 0.0122. The van der Waals surface area contributed by atoms with Crippen LogP contribution in [-0.2, 0) is 0 Å². The second kappa shape index (κ2) is 5.43. The van der Waals surface area contributed by atoms with Crippen molar-refractivity contribution in [2.24, 2.45) is 0 Å². The molecule has 2 amide bonds. The normalized spacial score (nSPS) is 15.3. The fraction of sp³-hybridized carbons (Fsp3) is 0.357. The quantitative estimate of drug-likeness (QED) is 0.829. The Morgan fingerprint density at radius 2 is 1.81 bits per heavy atom. The van der Waals surface area contributed by atoms with Crippen molar-refractivity contribution < 1.29 is 18.5 Å². The third-order valence-corrected chi connectivity index (χ3v) is 3.54. The predicted molar refractivity (Wildman–Crippen MR) is 71.8 cm³/mol. The molecule has 0 aromatic carbocycles. The van der Waals surface area contributed by atoms with Crippen LogP contribution >= 0.6 is 0 Å². The number of hydrogen-bond donors (Lipinski definition) is 0. The van der Waals surface area contributed by atoms with E-state index in [0.717, 1.165) is 0 Å². The van der Waals surface area contributed by atoms with Crippen molar-refractivity contribution in [1.82, 2.24) is 15.0 Å². The maximum atomic E-state index is 12.3. The highest BCUT2D eigenvalue weighted by atomic mass is 16.5. The topological polar surface area (TPSA) is 79.8 Å².